The van der Waals surface area contributed by atoms with Gasteiger partial charge in [0, 0.05) is 25.4 Å². The Labute approximate surface area is 114 Å². The van der Waals surface area contributed by atoms with Crippen LogP contribution in [-0.2, 0) is 16.0 Å². The Morgan fingerprint density at radius 3 is 2.53 bits per heavy atom. The summed E-state index contributed by atoms with van der Waals surface area (Å²) in [7, 11) is 0. The summed E-state index contributed by atoms with van der Waals surface area (Å²) in [6, 6.07) is 7.51. The van der Waals surface area contributed by atoms with Gasteiger partial charge in [0.2, 0.25) is 5.91 Å². The average Bonchev–Trinajstić information content (AvgIpc) is 2.42. The van der Waals surface area contributed by atoms with Crippen molar-refractivity contribution < 1.29 is 9.53 Å². The normalized spacial score (nSPS) is 16.6. The lowest BCUT2D eigenvalue weighted by atomic mass is 10.1. The van der Waals surface area contributed by atoms with Gasteiger partial charge in [-0.1, -0.05) is 12.1 Å². The Balaban J connectivity index is 1.83. The number of carbonyl (C=O) groups excluding carboxylic acids is 1. The molecule has 0 unspecified atom stereocenters. The first kappa shape index (κ1) is 13.9. The van der Waals surface area contributed by atoms with Crippen LogP contribution in [0.15, 0.2) is 24.3 Å². The highest BCUT2D eigenvalue weighted by Crippen LogP contribution is 2.15. The van der Waals surface area contributed by atoms with Crippen molar-refractivity contribution in [2.24, 2.45) is 0 Å². The average molecular weight is 262 g/mol. The second-order valence-corrected chi connectivity index (χ2v) is 4.95. The Morgan fingerprint density at radius 2 is 1.95 bits per heavy atom. The zero-order chi connectivity index (χ0) is 13.7. The molecule has 1 amide bonds. The smallest absolute Gasteiger partial charge is 0.226 e. The molecule has 0 aliphatic carbocycles. The molecule has 0 bridgehead atoms. The maximum atomic E-state index is 12.2. The van der Waals surface area contributed by atoms with E-state index in [1.807, 2.05) is 36.1 Å². The minimum Gasteiger partial charge on any atom is -0.399 e. The molecule has 0 saturated carbocycles. The topological polar surface area (TPSA) is 55.6 Å². The number of anilines is 1. The number of carbonyl (C=O) groups is 1. The van der Waals surface area contributed by atoms with Gasteiger partial charge in [0.05, 0.1) is 12.5 Å². The minimum atomic E-state index is 0.194. The van der Waals surface area contributed by atoms with Crippen LogP contribution in [-0.4, -0.2) is 36.6 Å². The van der Waals surface area contributed by atoms with Crippen LogP contribution >= 0.6 is 0 Å². The number of hydrogen-bond acceptors (Lipinski definition) is 3. The summed E-state index contributed by atoms with van der Waals surface area (Å²) in [5.41, 5.74) is 7.38. The van der Waals surface area contributed by atoms with E-state index in [1.54, 1.807) is 0 Å². The second-order valence-electron chi connectivity index (χ2n) is 4.95. The molecule has 2 rings (SSSR count). The number of likely N-dealkylation sites (tertiary alicyclic amines) is 1. The molecule has 0 radical (unpaired) electrons. The fourth-order valence-corrected chi connectivity index (χ4v) is 2.43. The first-order valence-electron chi connectivity index (χ1n) is 6.93. The third-order valence-corrected chi connectivity index (χ3v) is 3.53. The van der Waals surface area contributed by atoms with Crippen LogP contribution in [0.3, 0.4) is 0 Å². The summed E-state index contributed by atoms with van der Waals surface area (Å²) in [6.07, 6.45) is 2.67. The monoisotopic (exact) mass is 262 g/mol. The quantitative estimate of drug-likeness (QED) is 0.842. The largest absolute Gasteiger partial charge is 0.399 e. The molecule has 19 heavy (non-hydrogen) atoms. The molecule has 1 saturated heterocycles. The van der Waals surface area contributed by atoms with Gasteiger partial charge >= 0.3 is 0 Å². The van der Waals surface area contributed by atoms with Crippen LogP contribution in [0.5, 0.6) is 0 Å². The molecule has 104 valence electrons. The number of ether oxygens (including phenoxy) is 1. The van der Waals surface area contributed by atoms with E-state index in [0.29, 0.717) is 12.5 Å². The molecule has 4 heteroatoms. The lowest BCUT2D eigenvalue weighted by Gasteiger charge is -2.31. The molecule has 1 heterocycles. The lowest BCUT2D eigenvalue weighted by Crippen LogP contribution is -2.41. The van der Waals surface area contributed by atoms with E-state index in [1.165, 1.54) is 0 Å². The molecule has 1 aliphatic rings. The van der Waals surface area contributed by atoms with Gasteiger partial charge in [-0.25, -0.2) is 0 Å². The van der Waals surface area contributed by atoms with Crippen molar-refractivity contribution in [1.82, 2.24) is 4.90 Å². The van der Waals surface area contributed by atoms with E-state index in [0.717, 1.165) is 43.8 Å². The summed E-state index contributed by atoms with van der Waals surface area (Å²) >= 11 is 0. The van der Waals surface area contributed by atoms with Crippen molar-refractivity contribution >= 4 is 11.6 Å². The summed E-state index contributed by atoms with van der Waals surface area (Å²) in [4.78, 5) is 14.1. The lowest BCUT2D eigenvalue weighted by molar-refractivity contribution is -0.133. The zero-order valence-corrected chi connectivity index (χ0v) is 11.5. The van der Waals surface area contributed by atoms with E-state index in [2.05, 4.69) is 0 Å². The highest BCUT2D eigenvalue weighted by molar-refractivity contribution is 5.79. The molecular weight excluding hydrogens is 240 g/mol. The van der Waals surface area contributed by atoms with Crippen molar-refractivity contribution in [2.75, 3.05) is 25.4 Å². The summed E-state index contributed by atoms with van der Waals surface area (Å²) < 4.78 is 5.59. The fourth-order valence-electron chi connectivity index (χ4n) is 2.43. The highest BCUT2D eigenvalue weighted by Gasteiger charge is 2.22. The van der Waals surface area contributed by atoms with E-state index in [4.69, 9.17) is 10.5 Å². The number of nitrogens with two attached hydrogens (primary N) is 1. The molecule has 1 aromatic rings. The summed E-state index contributed by atoms with van der Waals surface area (Å²) in [5.74, 6) is 0.194. The van der Waals surface area contributed by atoms with Gasteiger partial charge in [-0.15, -0.1) is 0 Å². The van der Waals surface area contributed by atoms with Gasteiger partial charge in [0.1, 0.15) is 0 Å². The zero-order valence-electron chi connectivity index (χ0n) is 11.5. The van der Waals surface area contributed by atoms with Crippen LogP contribution in [0.1, 0.15) is 25.3 Å². The maximum Gasteiger partial charge on any atom is 0.226 e. The van der Waals surface area contributed by atoms with Crippen molar-refractivity contribution in [2.45, 2.75) is 32.3 Å². The van der Waals surface area contributed by atoms with E-state index in [9.17, 15) is 4.79 Å². The van der Waals surface area contributed by atoms with Crippen molar-refractivity contribution in [3.8, 4) is 0 Å². The van der Waals surface area contributed by atoms with Gasteiger partial charge in [-0.3, -0.25) is 4.79 Å². The Hall–Kier alpha value is -1.55. The van der Waals surface area contributed by atoms with Gasteiger partial charge < -0.3 is 15.4 Å². The van der Waals surface area contributed by atoms with E-state index < -0.39 is 0 Å². The van der Waals surface area contributed by atoms with Crippen LogP contribution in [0.4, 0.5) is 5.69 Å². The second kappa shape index (κ2) is 6.57. The number of piperidine rings is 1. The predicted octanol–water partition coefficient (Wildman–Crippen LogP) is 1.84. The third-order valence-electron chi connectivity index (χ3n) is 3.53. The van der Waals surface area contributed by atoms with Crippen LogP contribution in [0.25, 0.3) is 0 Å². The van der Waals surface area contributed by atoms with E-state index in [-0.39, 0.29) is 5.91 Å². The molecule has 1 aromatic carbocycles. The van der Waals surface area contributed by atoms with Gasteiger partial charge in [-0.2, -0.15) is 0 Å². The number of nitrogens with zero attached hydrogens (tertiary/aromatic N) is 1. The molecule has 1 fully saturated rings. The van der Waals surface area contributed by atoms with Crippen LogP contribution < -0.4 is 5.73 Å². The predicted molar refractivity (Wildman–Crippen MR) is 75.8 cm³/mol. The van der Waals surface area contributed by atoms with Crippen molar-refractivity contribution in [3.05, 3.63) is 29.8 Å². The summed E-state index contributed by atoms with van der Waals surface area (Å²) in [6.45, 7) is 4.37. The molecule has 0 spiro atoms. The first-order valence-corrected chi connectivity index (χ1v) is 6.93. The Bertz CT molecular complexity index is 409. The molecule has 1 aliphatic heterocycles. The maximum absolute atomic E-state index is 12.2. The van der Waals surface area contributed by atoms with Gasteiger partial charge in [0.15, 0.2) is 0 Å². The fraction of sp³-hybridized carbons (Fsp3) is 0.533. The SMILES string of the molecule is CCOC1CCN(C(=O)Cc2ccc(N)cc2)CC1. The standard InChI is InChI=1S/C15H22N2O2/c1-2-19-14-7-9-17(10-8-14)15(18)11-12-3-5-13(16)6-4-12/h3-6,14H,2,7-11,16H2,1H3. The number of rotatable bonds is 4. The van der Waals surface area contributed by atoms with Gasteiger partial charge in [-0.05, 0) is 37.5 Å². The van der Waals surface area contributed by atoms with E-state index >= 15 is 0 Å². The molecule has 4 nitrogen and oxygen atoms in total. The van der Waals surface area contributed by atoms with Crippen LogP contribution in [0, 0.1) is 0 Å². The van der Waals surface area contributed by atoms with Crippen molar-refractivity contribution in [3.63, 3.8) is 0 Å². The van der Waals surface area contributed by atoms with Gasteiger partial charge in [0.25, 0.3) is 0 Å². The van der Waals surface area contributed by atoms with Crippen molar-refractivity contribution in [1.29, 1.82) is 0 Å². The number of benzene rings is 1. The summed E-state index contributed by atoms with van der Waals surface area (Å²) in [5, 5.41) is 0. The highest BCUT2D eigenvalue weighted by atomic mass is 16.5. The molecular formula is C15H22N2O2. The molecule has 0 aromatic heterocycles. The first-order chi connectivity index (χ1) is 9.19. The minimum absolute atomic E-state index is 0.194. The Morgan fingerprint density at radius 1 is 1.32 bits per heavy atom. The Kier molecular flexibility index (Phi) is 4.80. The number of nitrogen functional groups attached to an aromatic ring is 1. The third kappa shape index (κ3) is 3.96. The van der Waals surface area contributed by atoms with Crippen LogP contribution in [0.2, 0.25) is 0 Å². The molecule has 0 atom stereocenters. The number of hydrogen-bond donors (Lipinski definition) is 1. The number of amides is 1. The molecule has 2 N–H and O–H groups in total.